The van der Waals surface area contributed by atoms with Crippen LogP contribution in [0, 0.1) is 17.5 Å². The number of halogens is 3. The lowest BCUT2D eigenvalue weighted by atomic mass is 10.1. The van der Waals surface area contributed by atoms with E-state index in [4.69, 9.17) is 9.84 Å². The highest BCUT2D eigenvalue weighted by molar-refractivity contribution is 5.64. The fraction of sp³-hybridized carbons (Fsp3) is 0.100. The van der Waals surface area contributed by atoms with E-state index in [1.54, 1.807) is 24.3 Å². The normalized spacial score (nSPS) is 10.7. The SMILES string of the molecule is OCc1ccc(F)c(COc2ccc(-c3ccc(F)cc3F)cc2)c1. The van der Waals surface area contributed by atoms with E-state index in [2.05, 4.69) is 0 Å². The van der Waals surface area contributed by atoms with Crippen molar-refractivity contribution in [2.75, 3.05) is 0 Å². The lowest BCUT2D eigenvalue weighted by molar-refractivity contribution is 0.279. The van der Waals surface area contributed by atoms with E-state index in [9.17, 15) is 13.2 Å². The van der Waals surface area contributed by atoms with E-state index < -0.39 is 17.5 Å². The quantitative estimate of drug-likeness (QED) is 0.717. The predicted molar refractivity (Wildman–Crippen MR) is 88.4 cm³/mol. The summed E-state index contributed by atoms with van der Waals surface area (Å²) in [5, 5.41) is 9.10. The van der Waals surface area contributed by atoms with Crippen LogP contribution in [-0.4, -0.2) is 5.11 Å². The average Bonchev–Trinajstić information content (AvgIpc) is 2.62. The fourth-order valence-electron chi connectivity index (χ4n) is 2.45. The molecule has 2 nitrogen and oxygen atoms in total. The zero-order valence-corrected chi connectivity index (χ0v) is 13.2. The van der Waals surface area contributed by atoms with Crippen molar-refractivity contribution in [1.82, 2.24) is 0 Å². The van der Waals surface area contributed by atoms with Gasteiger partial charge in [-0.1, -0.05) is 18.2 Å². The zero-order valence-electron chi connectivity index (χ0n) is 13.2. The number of ether oxygens (including phenoxy) is 1. The van der Waals surface area contributed by atoms with Crippen LogP contribution in [0.2, 0.25) is 0 Å². The molecule has 0 aliphatic carbocycles. The maximum atomic E-state index is 13.8. The predicted octanol–water partition coefficient (Wildman–Crippen LogP) is 4.84. The standard InChI is InChI=1S/C20H15F3O2/c21-16-4-7-18(20(23)10-16)14-2-5-17(6-3-14)25-12-15-9-13(11-24)1-8-19(15)22/h1-10,24H,11-12H2. The number of rotatable bonds is 5. The van der Waals surface area contributed by atoms with Crippen LogP contribution in [-0.2, 0) is 13.2 Å². The Bertz CT molecular complexity index is 877. The van der Waals surface area contributed by atoms with Crippen LogP contribution < -0.4 is 4.74 Å². The molecule has 1 N–H and O–H groups in total. The number of aliphatic hydroxyl groups excluding tert-OH is 1. The molecule has 0 radical (unpaired) electrons. The molecule has 0 saturated carbocycles. The minimum absolute atomic E-state index is 0.00390. The van der Waals surface area contributed by atoms with Gasteiger partial charge in [0.2, 0.25) is 0 Å². The van der Waals surface area contributed by atoms with Gasteiger partial charge >= 0.3 is 0 Å². The highest BCUT2D eigenvalue weighted by Crippen LogP contribution is 2.26. The topological polar surface area (TPSA) is 29.5 Å². The van der Waals surface area contributed by atoms with E-state index in [1.807, 2.05) is 0 Å². The summed E-state index contributed by atoms with van der Waals surface area (Å²) in [6.45, 7) is -0.171. The van der Waals surface area contributed by atoms with Crippen molar-refractivity contribution in [2.24, 2.45) is 0 Å². The molecule has 0 aliphatic rings. The van der Waals surface area contributed by atoms with Crippen molar-refractivity contribution < 1.29 is 23.0 Å². The van der Waals surface area contributed by atoms with Gasteiger partial charge in [0, 0.05) is 17.2 Å². The number of hydrogen-bond acceptors (Lipinski definition) is 2. The van der Waals surface area contributed by atoms with Crippen molar-refractivity contribution in [3.8, 4) is 16.9 Å². The van der Waals surface area contributed by atoms with Gasteiger partial charge in [-0.05, 0) is 47.5 Å². The van der Waals surface area contributed by atoms with Crippen molar-refractivity contribution >= 4 is 0 Å². The van der Waals surface area contributed by atoms with Crippen LogP contribution in [0.5, 0.6) is 5.75 Å². The van der Waals surface area contributed by atoms with Gasteiger partial charge < -0.3 is 9.84 Å². The Balaban J connectivity index is 1.73. The largest absolute Gasteiger partial charge is 0.489 e. The molecule has 0 unspecified atom stereocenters. The minimum atomic E-state index is -0.642. The highest BCUT2D eigenvalue weighted by Gasteiger charge is 2.08. The third-order valence-electron chi connectivity index (χ3n) is 3.78. The Hall–Kier alpha value is -2.79. The first-order chi connectivity index (χ1) is 12.1. The van der Waals surface area contributed by atoms with Crippen LogP contribution >= 0.6 is 0 Å². The summed E-state index contributed by atoms with van der Waals surface area (Å²) in [6.07, 6.45) is 0. The molecule has 0 fully saturated rings. The molecule has 25 heavy (non-hydrogen) atoms. The molecule has 0 saturated heterocycles. The van der Waals surface area contributed by atoms with Gasteiger partial charge in [-0.2, -0.15) is 0 Å². The maximum Gasteiger partial charge on any atom is 0.133 e. The Morgan fingerprint density at radius 3 is 2.24 bits per heavy atom. The zero-order chi connectivity index (χ0) is 17.8. The molecule has 0 heterocycles. The molecule has 0 aromatic heterocycles. The van der Waals surface area contributed by atoms with Crippen LogP contribution in [0.3, 0.4) is 0 Å². The molecular formula is C20H15F3O2. The third kappa shape index (κ3) is 4.00. The lowest BCUT2D eigenvalue weighted by Crippen LogP contribution is -2.00. The van der Waals surface area contributed by atoms with E-state index in [0.717, 1.165) is 6.07 Å². The first kappa shape index (κ1) is 17.0. The van der Waals surface area contributed by atoms with Gasteiger partial charge in [-0.3, -0.25) is 0 Å². The number of hydrogen-bond donors (Lipinski definition) is 1. The summed E-state index contributed by atoms with van der Waals surface area (Å²) in [5.41, 5.74) is 1.80. The second kappa shape index (κ2) is 7.40. The summed E-state index contributed by atoms with van der Waals surface area (Å²) in [4.78, 5) is 0. The summed E-state index contributed by atoms with van der Waals surface area (Å²) < 4.78 is 46.0. The first-order valence-electron chi connectivity index (χ1n) is 7.63. The average molecular weight is 344 g/mol. The van der Waals surface area contributed by atoms with Crippen LogP contribution in [0.25, 0.3) is 11.1 Å². The molecule has 3 aromatic carbocycles. The van der Waals surface area contributed by atoms with Gasteiger partial charge in [0.15, 0.2) is 0 Å². The molecule has 128 valence electrons. The van der Waals surface area contributed by atoms with Crippen molar-refractivity contribution in [3.05, 3.63) is 89.2 Å². The second-order valence-corrected chi connectivity index (χ2v) is 5.52. The Morgan fingerprint density at radius 2 is 1.56 bits per heavy atom. The van der Waals surface area contributed by atoms with E-state index in [0.29, 0.717) is 22.4 Å². The van der Waals surface area contributed by atoms with Gasteiger partial charge in [-0.15, -0.1) is 0 Å². The molecular weight excluding hydrogens is 329 g/mol. The summed E-state index contributed by atoms with van der Waals surface area (Å²) in [6, 6.07) is 14.3. The molecule has 3 rings (SSSR count). The van der Waals surface area contributed by atoms with Gasteiger partial charge in [-0.25, -0.2) is 13.2 Å². The summed E-state index contributed by atoms with van der Waals surface area (Å²) in [7, 11) is 0. The fourth-order valence-corrected chi connectivity index (χ4v) is 2.45. The van der Waals surface area contributed by atoms with Gasteiger partial charge in [0.05, 0.1) is 6.61 Å². The maximum absolute atomic E-state index is 13.8. The van der Waals surface area contributed by atoms with Gasteiger partial charge in [0.25, 0.3) is 0 Å². The molecule has 0 amide bonds. The smallest absolute Gasteiger partial charge is 0.133 e. The van der Waals surface area contributed by atoms with E-state index in [1.165, 1.54) is 30.3 Å². The van der Waals surface area contributed by atoms with Gasteiger partial charge in [0.1, 0.15) is 29.8 Å². The van der Waals surface area contributed by atoms with Crippen LogP contribution in [0.15, 0.2) is 60.7 Å². The van der Waals surface area contributed by atoms with E-state index in [-0.39, 0.29) is 18.8 Å². The number of benzene rings is 3. The lowest BCUT2D eigenvalue weighted by Gasteiger charge is -2.10. The highest BCUT2D eigenvalue weighted by atomic mass is 19.1. The molecule has 0 atom stereocenters. The van der Waals surface area contributed by atoms with Crippen LogP contribution in [0.4, 0.5) is 13.2 Å². The third-order valence-corrected chi connectivity index (χ3v) is 3.78. The monoisotopic (exact) mass is 344 g/mol. The van der Waals surface area contributed by atoms with Crippen molar-refractivity contribution in [2.45, 2.75) is 13.2 Å². The Kier molecular flexibility index (Phi) is 5.05. The molecule has 0 spiro atoms. The molecule has 3 aromatic rings. The molecule has 0 aliphatic heterocycles. The minimum Gasteiger partial charge on any atom is -0.489 e. The summed E-state index contributed by atoms with van der Waals surface area (Å²) in [5.74, 6) is -1.20. The van der Waals surface area contributed by atoms with Crippen LogP contribution in [0.1, 0.15) is 11.1 Å². The molecule has 0 bridgehead atoms. The number of aliphatic hydroxyl groups is 1. The van der Waals surface area contributed by atoms with E-state index >= 15 is 0 Å². The first-order valence-corrected chi connectivity index (χ1v) is 7.63. The van der Waals surface area contributed by atoms with Crippen molar-refractivity contribution in [3.63, 3.8) is 0 Å². The second-order valence-electron chi connectivity index (χ2n) is 5.52. The van der Waals surface area contributed by atoms with Crippen molar-refractivity contribution in [1.29, 1.82) is 0 Å². The Morgan fingerprint density at radius 1 is 0.800 bits per heavy atom. The molecule has 5 heteroatoms. The summed E-state index contributed by atoms with van der Waals surface area (Å²) >= 11 is 0. The Labute approximate surface area is 143 Å².